The van der Waals surface area contributed by atoms with E-state index in [-0.39, 0.29) is 22.9 Å². The summed E-state index contributed by atoms with van der Waals surface area (Å²) in [5.41, 5.74) is -0.855. The molecular formula is C19H25ClF3N3O. The number of alkyl halides is 3. The molecule has 2 heterocycles. The topological polar surface area (TPSA) is 45.2 Å². The third kappa shape index (κ3) is 4.86. The number of rotatable bonds is 3. The van der Waals surface area contributed by atoms with Gasteiger partial charge in [0, 0.05) is 31.2 Å². The SMILES string of the molecule is C[C@H]1CCCC[C@@H]1NC(=O)C1CCN(c2ncc(C(F)(F)F)cc2Cl)CC1. The van der Waals surface area contributed by atoms with Gasteiger partial charge in [-0.3, -0.25) is 4.79 Å². The number of nitrogens with one attached hydrogen (secondary N) is 1. The Morgan fingerprint density at radius 1 is 1.22 bits per heavy atom. The fourth-order valence-electron chi connectivity index (χ4n) is 4.00. The van der Waals surface area contributed by atoms with Crippen LogP contribution < -0.4 is 10.2 Å². The van der Waals surface area contributed by atoms with E-state index >= 15 is 0 Å². The van der Waals surface area contributed by atoms with Crippen molar-refractivity contribution in [1.82, 2.24) is 10.3 Å². The summed E-state index contributed by atoms with van der Waals surface area (Å²) < 4.78 is 38.2. The normalized spacial score (nSPS) is 24.7. The molecule has 150 valence electrons. The lowest BCUT2D eigenvalue weighted by atomic mass is 9.85. The smallest absolute Gasteiger partial charge is 0.355 e. The Bertz CT molecular complexity index is 675. The highest BCUT2D eigenvalue weighted by molar-refractivity contribution is 6.33. The number of amides is 1. The van der Waals surface area contributed by atoms with Crippen molar-refractivity contribution in [2.75, 3.05) is 18.0 Å². The van der Waals surface area contributed by atoms with E-state index in [1.165, 1.54) is 6.42 Å². The minimum Gasteiger partial charge on any atom is -0.355 e. The largest absolute Gasteiger partial charge is 0.417 e. The molecule has 1 aromatic heterocycles. The molecule has 0 unspecified atom stereocenters. The van der Waals surface area contributed by atoms with Crippen molar-refractivity contribution in [2.24, 2.45) is 11.8 Å². The molecule has 0 radical (unpaired) electrons. The lowest BCUT2D eigenvalue weighted by Gasteiger charge is -2.35. The minimum absolute atomic E-state index is 0.0104. The minimum atomic E-state index is -4.46. The highest BCUT2D eigenvalue weighted by Gasteiger charge is 2.33. The molecular weight excluding hydrogens is 379 g/mol. The van der Waals surface area contributed by atoms with Gasteiger partial charge >= 0.3 is 6.18 Å². The summed E-state index contributed by atoms with van der Waals surface area (Å²) in [5.74, 6) is 0.894. The molecule has 1 saturated carbocycles. The zero-order chi connectivity index (χ0) is 19.6. The van der Waals surface area contributed by atoms with Crippen molar-refractivity contribution in [1.29, 1.82) is 0 Å². The number of halogens is 4. The fraction of sp³-hybridized carbons (Fsp3) is 0.684. The van der Waals surface area contributed by atoms with Gasteiger partial charge in [0.1, 0.15) is 5.82 Å². The van der Waals surface area contributed by atoms with Crippen LogP contribution in [-0.2, 0) is 11.0 Å². The van der Waals surface area contributed by atoms with Gasteiger partial charge in [0.25, 0.3) is 0 Å². The van der Waals surface area contributed by atoms with Crippen molar-refractivity contribution >= 4 is 23.3 Å². The summed E-state index contributed by atoms with van der Waals surface area (Å²) >= 11 is 6.03. The van der Waals surface area contributed by atoms with Crippen LogP contribution in [0.15, 0.2) is 12.3 Å². The Labute approximate surface area is 162 Å². The Hall–Kier alpha value is -1.50. The van der Waals surface area contributed by atoms with Crippen molar-refractivity contribution < 1.29 is 18.0 Å². The summed E-state index contributed by atoms with van der Waals surface area (Å²) in [4.78, 5) is 18.4. The second-order valence-corrected chi connectivity index (χ2v) is 8.07. The molecule has 2 atom stereocenters. The molecule has 1 aliphatic carbocycles. The van der Waals surface area contributed by atoms with E-state index in [0.717, 1.165) is 31.5 Å². The maximum absolute atomic E-state index is 12.7. The third-order valence-corrected chi connectivity index (χ3v) is 6.03. The van der Waals surface area contributed by atoms with Crippen LogP contribution in [0.5, 0.6) is 0 Å². The molecule has 0 bridgehead atoms. The monoisotopic (exact) mass is 403 g/mol. The van der Waals surface area contributed by atoms with Crippen LogP contribution in [0.3, 0.4) is 0 Å². The Morgan fingerprint density at radius 2 is 1.89 bits per heavy atom. The summed E-state index contributed by atoms with van der Waals surface area (Å²) in [7, 11) is 0. The first-order chi connectivity index (χ1) is 12.8. The van der Waals surface area contributed by atoms with E-state index in [4.69, 9.17) is 11.6 Å². The summed E-state index contributed by atoms with van der Waals surface area (Å²) in [6.07, 6.45) is 2.22. The van der Waals surface area contributed by atoms with E-state index in [1.807, 2.05) is 4.90 Å². The van der Waals surface area contributed by atoms with Gasteiger partial charge < -0.3 is 10.2 Å². The van der Waals surface area contributed by atoms with Crippen molar-refractivity contribution in [3.63, 3.8) is 0 Å². The summed E-state index contributed by atoms with van der Waals surface area (Å²) in [6, 6.07) is 1.17. The van der Waals surface area contributed by atoms with Gasteiger partial charge in [-0.25, -0.2) is 4.98 Å². The Balaban J connectivity index is 1.56. The molecule has 1 saturated heterocycles. The molecule has 2 aliphatic rings. The highest BCUT2D eigenvalue weighted by atomic mass is 35.5. The molecule has 1 aromatic rings. The Kier molecular flexibility index (Phi) is 6.18. The fourth-order valence-corrected chi connectivity index (χ4v) is 4.29. The van der Waals surface area contributed by atoms with Gasteiger partial charge in [-0.1, -0.05) is 31.4 Å². The number of aromatic nitrogens is 1. The number of hydrogen-bond donors (Lipinski definition) is 1. The molecule has 27 heavy (non-hydrogen) atoms. The number of carbonyl (C=O) groups is 1. The van der Waals surface area contributed by atoms with Crippen molar-refractivity contribution in [3.8, 4) is 0 Å². The molecule has 1 amide bonds. The first-order valence-electron chi connectivity index (χ1n) is 9.53. The lowest BCUT2D eigenvalue weighted by Crippen LogP contribution is -2.46. The van der Waals surface area contributed by atoms with E-state index in [1.54, 1.807) is 0 Å². The molecule has 0 spiro atoms. The average molecular weight is 404 g/mol. The lowest BCUT2D eigenvalue weighted by molar-refractivity contribution is -0.137. The zero-order valence-corrected chi connectivity index (χ0v) is 16.1. The van der Waals surface area contributed by atoms with Crippen LogP contribution in [0.2, 0.25) is 5.02 Å². The first kappa shape index (κ1) is 20.2. The van der Waals surface area contributed by atoms with Crippen LogP contribution >= 0.6 is 11.6 Å². The molecule has 0 aromatic carbocycles. The number of hydrogen-bond acceptors (Lipinski definition) is 3. The van der Waals surface area contributed by atoms with Gasteiger partial charge in [0.15, 0.2) is 0 Å². The number of anilines is 1. The molecule has 1 aliphatic heterocycles. The van der Waals surface area contributed by atoms with E-state index in [0.29, 0.717) is 37.7 Å². The Morgan fingerprint density at radius 3 is 2.48 bits per heavy atom. The molecule has 1 N–H and O–H groups in total. The molecule has 3 rings (SSSR count). The van der Waals surface area contributed by atoms with E-state index < -0.39 is 11.7 Å². The third-order valence-electron chi connectivity index (χ3n) is 5.75. The molecule has 4 nitrogen and oxygen atoms in total. The van der Waals surface area contributed by atoms with Gasteiger partial charge in [0.2, 0.25) is 5.91 Å². The van der Waals surface area contributed by atoms with Crippen LogP contribution in [-0.4, -0.2) is 30.0 Å². The quantitative estimate of drug-likeness (QED) is 0.798. The highest BCUT2D eigenvalue weighted by Crippen LogP contribution is 2.34. The summed E-state index contributed by atoms with van der Waals surface area (Å²) in [6.45, 7) is 3.29. The zero-order valence-electron chi connectivity index (χ0n) is 15.4. The van der Waals surface area contributed by atoms with E-state index in [2.05, 4.69) is 17.2 Å². The number of carbonyl (C=O) groups excluding carboxylic acids is 1. The first-order valence-corrected chi connectivity index (χ1v) is 9.91. The second kappa shape index (κ2) is 8.25. The average Bonchev–Trinajstić information content (AvgIpc) is 2.63. The predicted octanol–water partition coefficient (Wildman–Crippen LogP) is 4.67. The van der Waals surface area contributed by atoms with Gasteiger partial charge in [-0.15, -0.1) is 0 Å². The standard InChI is InChI=1S/C19H25ClF3N3O/c1-12-4-2-3-5-16(12)25-18(27)13-6-8-26(9-7-13)17-15(20)10-14(11-24-17)19(21,22)23/h10-13,16H,2-9H2,1H3,(H,25,27)/t12-,16-/m0/s1. The van der Waals surface area contributed by atoms with Gasteiger partial charge in [-0.05, 0) is 37.7 Å². The van der Waals surface area contributed by atoms with Crippen LogP contribution in [0.1, 0.15) is 51.0 Å². The number of piperidine rings is 1. The van der Waals surface area contributed by atoms with Crippen LogP contribution in [0.4, 0.5) is 19.0 Å². The maximum atomic E-state index is 12.7. The van der Waals surface area contributed by atoms with Crippen molar-refractivity contribution in [3.05, 3.63) is 22.8 Å². The number of pyridine rings is 1. The maximum Gasteiger partial charge on any atom is 0.417 e. The number of nitrogens with zero attached hydrogens (tertiary/aromatic N) is 2. The van der Waals surface area contributed by atoms with Crippen LogP contribution in [0, 0.1) is 11.8 Å². The molecule has 2 fully saturated rings. The van der Waals surface area contributed by atoms with Gasteiger partial charge in [-0.2, -0.15) is 13.2 Å². The van der Waals surface area contributed by atoms with Gasteiger partial charge in [0.05, 0.1) is 10.6 Å². The second-order valence-electron chi connectivity index (χ2n) is 7.67. The van der Waals surface area contributed by atoms with Crippen LogP contribution in [0.25, 0.3) is 0 Å². The van der Waals surface area contributed by atoms with E-state index in [9.17, 15) is 18.0 Å². The summed E-state index contributed by atoms with van der Waals surface area (Å²) in [5, 5.41) is 3.19. The van der Waals surface area contributed by atoms with Crippen molar-refractivity contribution in [2.45, 2.75) is 57.7 Å². The predicted molar refractivity (Wildman–Crippen MR) is 98.7 cm³/mol. The molecule has 8 heteroatoms.